The van der Waals surface area contributed by atoms with Crippen molar-refractivity contribution >= 4 is 11.9 Å². The van der Waals surface area contributed by atoms with Crippen LogP contribution in [0.5, 0.6) is 11.5 Å². The molecular formula is C24H23NO5. The molecule has 30 heavy (non-hydrogen) atoms. The number of methoxy groups -OCH3 is 2. The molecule has 6 heteroatoms. The first-order valence-corrected chi connectivity index (χ1v) is 9.43. The van der Waals surface area contributed by atoms with E-state index in [1.54, 1.807) is 73.8 Å². The first kappa shape index (κ1) is 20.9. The fourth-order valence-corrected chi connectivity index (χ4v) is 2.93. The lowest BCUT2D eigenvalue weighted by molar-refractivity contribution is 0.0292. The molecule has 6 nitrogen and oxygen atoms in total. The van der Waals surface area contributed by atoms with E-state index in [9.17, 15) is 9.59 Å². The van der Waals surface area contributed by atoms with Crippen molar-refractivity contribution in [2.75, 3.05) is 20.8 Å². The molecule has 0 heterocycles. The number of hydrogen-bond acceptors (Lipinski definition) is 5. The van der Waals surface area contributed by atoms with Crippen LogP contribution in [0.25, 0.3) is 0 Å². The van der Waals surface area contributed by atoms with Crippen molar-refractivity contribution in [2.24, 2.45) is 0 Å². The number of nitrogens with one attached hydrogen (secondary N) is 1. The number of carbonyl (C=O) groups excluding carboxylic acids is 2. The van der Waals surface area contributed by atoms with E-state index in [4.69, 9.17) is 14.2 Å². The highest BCUT2D eigenvalue weighted by Crippen LogP contribution is 2.31. The molecule has 3 rings (SSSR count). The molecule has 0 aliphatic rings. The Kier molecular flexibility index (Phi) is 7.05. The average Bonchev–Trinajstić information content (AvgIpc) is 2.82. The van der Waals surface area contributed by atoms with E-state index in [-0.39, 0.29) is 12.5 Å². The maximum absolute atomic E-state index is 12.6. The standard InChI is InChI=1S/C24H23NO5/c1-28-20-14-13-19(15-21(20)29-2)22(30-24(27)18-11-7-4-8-12-18)16-25-23(26)17-9-5-3-6-10-17/h3-15,22H,16H2,1-2H3,(H,25,26)/t22-/m0/s1. The third-order valence-electron chi connectivity index (χ3n) is 4.52. The van der Waals surface area contributed by atoms with Crippen molar-refractivity contribution in [1.29, 1.82) is 0 Å². The Morgan fingerprint density at radius 1 is 0.800 bits per heavy atom. The van der Waals surface area contributed by atoms with Gasteiger partial charge >= 0.3 is 5.97 Å². The maximum Gasteiger partial charge on any atom is 0.338 e. The number of amides is 1. The topological polar surface area (TPSA) is 73.9 Å². The van der Waals surface area contributed by atoms with Crippen molar-refractivity contribution in [2.45, 2.75) is 6.10 Å². The van der Waals surface area contributed by atoms with Crippen molar-refractivity contribution in [3.8, 4) is 11.5 Å². The maximum atomic E-state index is 12.6. The Labute approximate surface area is 175 Å². The van der Waals surface area contributed by atoms with Crippen LogP contribution in [0.1, 0.15) is 32.4 Å². The lowest BCUT2D eigenvalue weighted by Gasteiger charge is -2.20. The van der Waals surface area contributed by atoms with Crippen LogP contribution in [0.3, 0.4) is 0 Å². The third kappa shape index (κ3) is 5.17. The third-order valence-corrected chi connectivity index (χ3v) is 4.52. The minimum absolute atomic E-state index is 0.0990. The van der Waals surface area contributed by atoms with Crippen LogP contribution in [0.2, 0.25) is 0 Å². The molecule has 0 spiro atoms. The van der Waals surface area contributed by atoms with Crippen molar-refractivity contribution in [3.63, 3.8) is 0 Å². The van der Waals surface area contributed by atoms with E-state index in [2.05, 4.69) is 5.32 Å². The van der Waals surface area contributed by atoms with Crippen molar-refractivity contribution in [3.05, 3.63) is 95.6 Å². The summed E-state index contributed by atoms with van der Waals surface area (Å²) in [5, 5.41) is 2.83. The zero-order valence-corrected chi connectivity index (χ0v) is 16.8. The van der Waals surface area contributed by atoms with Gasteiger partial charge in [-0.1, -0.05) is 42.5 Å². The molecule has 0 fully saturated rings. The lowest BCUT2D eigenvalue weighted by Crippen LogP contribution is -2.30. The molecule has 0 radical (unpaired) electrons. The fraction of sp³-hybridized carbons (Fsp3) is 0.167. The predicted molar refractivity (Wildman–Crippen MR) is 113 cm³/mol. The molecule has 0 unspecified atom stereocenters. The molecule has 3 aromatic carbocycles. The van der Waals surface area contributed by atoms with Gasteiger partial charge in [0.1, 0.15) is 6.10 Å². The molecule has 3 aromatic rings. The first-order chi connectivity index (χ1) is 14.6. The van der Waals surface area contributed by atoms with Gasteiger partial charge in [0, 0.05) is 5.56 Å². The van der Waals surface area contributed by atoms with E-state index in [0.717, 1.165) is 0 Å². The van der Waals surface area contributed by atoms with Gasteiger partial charge in [0.05, 0.1) is 26.3 Å². The Balaban J connectivity index is 1.82. The molecule has 1 atom stereocenters. The second-order valence-electron chi connectivity index (χ2n) is 6.45. The minimum Gasteiger partial charge on any atom is -0.493 e. The van der Waals surface area contributed by atoms with Gasteiger partial charge in [-0.05, 0) is 42.0 Å². The molecule has 0 saturated heterocycles. The average molecular weight is 405 g/mol. The number of esters is 1. The highest BCUT2D eigenvalue weighted by Gasteiger charge is 2.21. The summed E-state index contributed by atoms with van der Waals surface area (Å²) in [6, 6.07) is 22.8. The number of rotatable bonds is 8. The highest BCUT2D eigenvalue weighted by atomic mass is 16.5. The van der Waals surface area contributed by atoms with Crippen molar-refractivity contribution in [1.82, 2.24) is 5.32 Å². The summed E-state index contributed by atoms with van der Waals surface area (Å²) < 4.78 is 16.4. The first-order valence-electron chi connectivity index (χ1n) is 9.43. The Morgan fingerprint density at radius 3 is 2.00 bits per heavy atom. The van der Waals surface area contributed by atoms with Crippen LogP contribution < -0.4 is 14.8 Å². The highest BCUT2D eigenvalue weighted by molar-refractivity contribution is 5.94. The van der Waals surface area contributed by atoms with Gasteiger partial charge in [-0.2, -0.15) is 0 Å². The van der Waals surface area contributed by atoms with Crippen LogP contribution in [0.4, 0.5) is 0 Å². The smallest absolute Gasteiger partial charge is 0.338 e. The normalized spacial score (nSPS) is 11.3. The predicted octanol–water partition coefficient (Wildman–Crippen LogP) is 4.03. The van der Waals surface area contributed by atoms with E-state index in [1.807, 2.05) is 12.1 Å². The second-order valence-corrected chi connectivity index (χ2v) is 6.45. The fourth-order valence-electron chi connectivity index (χ4n) is 2.93. The number of carbonyl (C=O) groups is 2. The Bertz CT molecular complexity index is 989. The van der Waals surface area contributed by atoms with Gasteiger partial charge in [-0.3, -0.25) is 4.79 Å². The van der Waals surface area contributed by atoms with Crippen LogP contribution in [0.15, 0.2) is 78.9 Å². The summed E-state index contributed by atoms with van der Waals surface area (Å²) in [6.07, 6.45) is -0.717. The van der Waals surface area contributed by atoms with Gasteiger partial charge < -0.3 is 19.5 Å². The molecule has 1 amide bonds. The lowest BCUT2D eigenvalue weighted by atomic mass is 10.1. The summed E-state index contributed by atoms with van der Waals surface area (Å²) in [6.45, 7) is 0.0990. The summed E-state index contributed by atoms with van der Waals surface area (Å²) in [5.41, 5.74) is 1.63. The van der Waals surface area contributed by atoms with Gasteiger partial charge in [-0.25, -0.2) is 4.79 Å². The van der Waals surface area contributed by atoms with E-state index < -0.39 is 12.1 Å². The Morgan fingerprint density at radius 2 is 1.40 bits per heavy atom. The van der Waals surface area contributed by atoms with E-state index in [1.165, 1.54) is 7.11 Å². The second kappa shape index (κ2) is 10.1. The molecule has 0 bridgehead atoms. The quantitative estimate of drug-likeness (QED) is 0.573. The molecule has 0 saturated carbocycles. The van der Waals surface area contributed by atoms with E-state index in [0.29, 0.717) is 28.2 Å². The zero-order valence-electron chi connectivity index (χ0n) is 16.8. The molecular weight excluding hydrogens is 382 g/mol. The van der Waals surface area contributed by atoms with E-state index >= 15 is 0 Å². The van der Waals surface area contributed by atoms with Gasteiger partial charge in [0.25, 0.3) is 5.91 Å². The summed E-state index contributed by atoms with van der Waals surface area (Å²) in [5.74, 6) is 0.328. The number of hydrogen-bond donors (Lipinski definition) is 1. The molecule has 0 aromatic heterocycles. The largest absolute Gasteiger partial charge is 0.493 e. The Hall–Kier alpha value is -3.80. The van der Waals surface area contributed by atoms with Crippen LogP contribution in [-0.4, -0.2) is 32.6 Å². The minimum atomic E-state index is -0.717. The molecule has 1 N–H and O–H groups in total. The summed E-state index contributed by atoms with van der Waals surface area (Å²) in [7, 11) is 3.08. The SMILES string of the molecule is COc1ccc([C@H](CNC(=O)c2ccccc2)OC(=O)c2ccccc2)cc1OC. The van der Waals surface area contributed by atoms with Crippen LogP contribution in [-0.2, 0) is 4.74 Å². The monoisotopic (exact) mass is 405 g/mol. The van der Waals surface area contributed by atoms with Crippen LogP contribution in [0, 0.1) is 0 Å². The zero-order chi connectivity index (χ0) is 21.3. The molecule has 0 aliphatic heterocycles. The van der Waals surface area contributed by atoms with Gasteiger partial charge in [0.2, 0.25) is 0 Å². The number of ether oxygens (including phenoxy) is 3. The number of benzene rings is 3. The van der Waals surface area contributed by atoms with Crippen molar-refractivity contribution < 1.29 is 23.8 Å². The molecule has 0 aliphatic carbocycles. The van der Waals surface area contributed by atoms with Crippen LogP contribution >= 0.6 is 0 Å². The molecule has 154 valence electrons. The summed E-state index contributed by atoms with van der Waals surface area (Å²) in [4.78, 5) is 25.1. The van der Waals surface area contributed by atoms with Gasteiger partial charge in [0.15, 0.2) is 11.5 Å². The summed E-state index contributed by atoms with van der Waals surface area (Å²) >= 11 is 0. The van der Waals surface area contributed by atoms with Gasteiger partial charge in [-0.15, -0.1) is 0 Å².